The van der Waals surface area contributed by atoms with Gasteiger partial charge in [0.2, 0.25) is 0 Å². The minimum Gasteiger partial charge on any atom is -0.481 e. The Balaban J connectivity index is 1.94. The van der Waals surface area contributed by atoms with Crippen molar-refractivity contribution in [2.75, 3.05) is 0 Å². The molecule has 0 aliphatic carbocycles. The van der Waals surface area contributed by atoms with E-state index in [9.17, 15) is 14.7 Å². The molecule has 3 rings (SSSR count). The molecule has 0 fully saturated rings. The average Bonchev–Trinajstić information content (AvgIpc) is 3.08. The highest BCUT2D eigenvalue weighted by molar-refractivity contribution is 6.03. The summed E-state index contributed by atoms with van der Waals surface area (Å²) >= 11 is 0. The average molecular weight is 324 g/mol. The Morgan fingerprint density at radius 1 is 1.17 bits per heavy atom. The first-order valence-electron chi connectivity index (χ1n) is 7.44. The zero-order valence-corrected chi connectivity index (χ0v) is 12.9. The molecule has 3 N–H and O–H groups in total. The van der Waals surface area contributed by atoms with Gasteiger partial charge >= 0.3 is 5.97 Å². The van der Waals surface area contributed by atoms with E-state index >= 15 is 0 Å². The number of carbonyl (C=O) groups is 2. The van der Waals surface area contributed by atoms with Crippen molar-refractivity contribution in [3.63, 3.8) is 0 Å². The molecule has 1 amide bonds. The number of aliphatic carboxylic acids is 1. The smallest absolute Gasteiger partial charge is 0.308 e. The zero-order chi connectivity index (χ0) is 17.1. The van der Waals surface area contributed by atoms with Gasteiger partial charge in [0.25, 0.3) is 5.91 Å². The van der Waals surface area contributed by atoms with E-state index in [1.54, 1.807) is 43.5 Å². The number of aromatic amines is 1. The summed E-state index contributed by atoms with van der Waals surface area (Å²) in [4.78, 5) is 35.1. The molecule has 0 spiro atoms. The number of amides is 1. The summed E-state index contributed by atoms with van der Waals surface area (Å²) in [6, 6.07) is 10.1. The molecule has 0 saturated heterocycles. The van der Waals surface area contributed by atoms with Crippen LogP contribution in [0.25, 0.3) is 11.0 Å². The van der Waals surface area contributed by atoms with Crippen LogP contribution in [-0.2, 0) is 4.79 Å². The lowest BCUT2D eigenvalue weighted by Crippen LogP contribution is -2.36. The van der Waals surface area contributed by atoms with Gasteiger partial charge in [-0.3, -0.25) is 9.59 Å². The molecular weight excluding hydrogens is 308 g/mol. The van der Waals surface area contributed by atoms with Crippen LogP contribution in [0.15, 0.2) is 48.9 Å². The van der Waals surface area contributed by atoms with Gasteiger partial charge in [0.15, 0.2) is 0 Å². The molecular formula is C17H16N4O3. The summed E-state index contributed by atoms with van der Waals surface area (Å²) in [6.45, 7) is 1.56. The largest absolute Gasteiger partial charge is 0.481 e. The second-order valence-electron chi connectivity index (χ2n) is 5.45. The first-order chi connectivity index (χ1) is 11.6. The Bertz CT molecular complexity index is 876. The summed E-state index contributed by atoms with van der Waals surface area (Å²) in [6.07, 6.45) is 2.97. The van der Waals surface area contributed by atoms with Gasteiger partial charge in [0.1, 0.15) is 17.7 Å². The van der Waals surface area contributed by atoms with Crippen molar-refractivity contribution in [3.8, 4) is 0 Å². The molecule has 24 heavy (non-hydrogen) atoms. The third-order valence-corrected chi connectivity index (χ3v) is 3.90. The van der Waals surface area contributed by atoms with Crippen LogP contribution < -0.4 is 5.32 Å². The number of H-pyrrole nitrogens is 1. The Hall–Kier alpha value is -3.22. The van der Waals surface area contributed by atoms with Crippen LogP contribution in [0.5, 0.6) is 0 Å². The highest BCUT2D eigenvalue weighted by Gasteiger charge is 2.28. The van der Waals surface area contributed by atoms with E-state index in [0.29, 0.717) is 11.0 Å². The number of hydrogen-bond acceptors (Lipinski definition) is 4. The standard InChI is InChI=1S/C17H16N4O3/c1-10(17(23)24)13(11-5-3-2-4-6-11)21-16(22)14-12-7-8-18-15(12)20-9-19-14/h2-10,13H,1H3,(H,21,22)(H,23,24)(H,18,19,20)/t10-,13+/m1/s1. The number of carboxylic acids is 1. The molecule has 2 aromatic heterocycles. The Labute approximate surface area is 137 Å². The molecule has 3 aromatic rings. The topological polar surface area (TPSA) is 108 Å². The van der Waals surface area contributed by atoms with Gasteiger partial charge < -0.3 is 15.4 Å². The predicted octanol–water partition coefficient (Wildman–Crippen LogP) is 2.15. The Morgan fingerprint density at radius 3 is 2.62 bits per heavy atom. The molecule has 0 bridgehead atoms. The fourth-order valence-electron chi connectivity index (χ4n) is 2.56. The van der Waals surface area contributed by atoms with E-state index in [4.69, 9.17) is 0 Å². The highest BCUT2D eigenvalue weighted by Crippen LogP contribution is 2.23. The van der Waals surface area contributed by atoms with E-state index < -0.39 is 23.8 Å². The zero-order valence-electron chi connectivity index (χ0n) is 12.9. The van der Waals surface area contributed by atoms with Crippen LogP contribution in [0.1, 0.15) is 29.0 Å². The van der Waals surface area contributed by atoms with Gasteiger partial charge in [0, 0.05) is 6.20 Å². The lowest BCUT2D eigenvalue weighted by molar-refractivity contribution is -0.142. The van der Waals surface area contributed by atoms with Crippen LogP contribution >= 0.6 is 0 Å². The van der Waals surface area contributed by atoms with E-state index in [2.05, 4.69) is 20.3 Å². The molecule has 0 aliphatic rings. The Morgan fingerprint density at radius 2 is 1.92 bits per heavy atom. The minimum atomic E-state index is -0.987. The lowest BCUT2D eigenvalue weighted by atomic mass is 9.94. The lowest BCUT2D eigenvalue weighted by Gasteiger charge is -2.22. The third kappa shape index (κ3) is 2.96. The summed E-state index contributed by atoms with van der Waals surface area (Å²) in [7, 11) is 0. The number of rotatable bonds is 5. The summed E-state index contributed by atoms with van der Waals surface area (Å²) in [5.41, 5.74) is 1.48. The van der Waals surface area contributed by atoms with Gasteiger partial charge in [0.05, 0.1) is 17.3 Å². The van der Waals surface area contributed by atoms with Gasteiger partial charge in [-0.2, -0.15) is 0 Å². The van der Waals surface area contributed by atoms with Crippen LogP contribution in [0, 0.1) is 5.92 Å². The second-order valence-corrected chi connectivity index (χ2v) is 5.45. The van der Waals surface area contributed by atoms with Crippen molar-refractivity contribution < 1.29 is 14.7 Å². The number of carboxylic acid groups (broad SMARTS) is 1. The van der Waals surface area contributed by atoms with Crippen molar-refractivity contribution in [3.05, 3.63) is 60.2 Å². The van der Waals surface area contributed by atoms with E-state index in [1.165, 1.54) is 6.33 Å². The van der Waals surface area contributed by atoms with Crippen molar-refractivity contribution in [1.29, 1.82) is 0 Å². The number of nitrogens with zero attached hydrogens (tertiary/aromatic N) is 2. The molecule has 0 unspecified atom stereocenters. The molecule has 0 aliphatic heterocycles. The summed E-state index contributed by atoms with van der Waals surface area (Å²) in [5, 5.41) is 12.7. The molecule has 122 valence electrons. The monoisotopic (exact) mass is 324 g/mol. The second kappa shape index (κ2) is 6.49. The van der Waals surface area contributed by atoms with E-state index in [-0.39, 0.29) is 5.69 Å². The van der Waals surface area contributed by atoms with E-state index in [1.807, 2.05) is 6.07 Å². The number of nitrogens with one attached hydrogen (secondary N) is 2. The fraction of sp³-hybridized carbons (Fsp3) is 0.176. The molecule has 0 radical (unpaired) electrons. The Kier molecular flexibility index (Phi) is 4.24. The van der Waals surface area contributed by atoms with Crippen molar-refractivity contribution in [2.45, 2.75) is 13.0 Å². The first kappa shape index (κ1) is 15.7. The maximum absolute atomic E-state index is 12.7. The van der Waals surface area contributed by atoms with Crippen molar-refractivity contribution in [1.82, 2.24) is 20.3 Å². The quantitative estimate of drug-likeness (QED) is 0.666. The van der Waals surface area contributed by atoms with Crippen LogP contribution in [-0.4, -0.2) is 31.9 Å². The van der Waals surface area contributed by atoms with Crippen LogP contribution in [0.2, 0.25) is 0 Å². The molecule has 2 atom stereocenters. The van der Waals surface area contributed by atoms with Crippen molar-refractivity contribution in [2.24, 2.45) is 5.92 Å². The van der Waals surface area contributed by atoms with Crippen LogP contribution in [0.3, 0.4) is 0 Å². The molecule has 7 heteroatoms. The SMILES string of the molecule is C[C@@H](C(=O)O)[C@H](NC(=O)c1ncnc2[nH]ccc12)c1ccccc1. The van der Waals surface area contributed by atoms with Gasteiger partial charge in [-0.15, -0.1) is 0 Å². The summed E-state index contributed by atoms with van der Waals surface area (Å²) < 4.78 is 0. The van der Waals surface area contributed by atoms with Gasteiger partial charge in [-0.25, -0.2) is 9.97 Å². The number of carbonyl (C=O) groups excluding carboxylic acids is 1. The number of hydrogen-bond donors (Lipinski definition) is 3. The molecule has 0 saturated carbocycles. The summed E-state index contributed by atoms with van der Waals surface area (Å²) in [5.74, 6) is -2.22. The normalized spacial score (nSPS) is 13.4. The van der Waals surface area contributed by atoms with Gasteiger partial charge in [-0.05, 0) is 18.6 Å². The third-order valence-electron chi connectivity index (χ3n) is 3.90. The first-order valence-corrected chi connectivity index (χ1v) is 7.44. The maximum atomic E-state index is 12.7. The van der Waals surface area contributed by atoms with Crippen LogP contribution in [0.4, 0.5) is 0 Å². The van der Waals surface area contributed by atoms with Crippen molar-refractivity contribution >= 4 is 22.9 Å². The fourth-order valence-corrected chi connectivity index (χ4v) is 2.56. The molecule has 7 nitrogen and oxygen atoms in total. The molecule has 2 heterocycles. The minimum absolute atomic E-state index is 0.208. The van der Waals surface area contributed by atoms with E-state index in [0.717, 1.165) is 5.56 Å². The predicted molar refractivity (Wildman–Crippen MR) is 87.3 cm³/mol. The number of aromatic nitrogens is 3. The molecule has 1 aromatic carbocycles. The number of benzene rings is 1. The highest BCUT2D eigenvalue weighted by atomic mass is 16.4. The maximum Gasteiger partial charge on any atom is 0.308 e. The number of fused-ring (bicyclic) bond motifs is 1. The van der Waals surface area contributed by atoms with Gasteiger partial charge in [-0.1, -0.05) is 30.3 Å².